The SMILES string of the molecule is C[C@]12C=CC(=O)C=C1CC[C@@H]1[C@@H]2C(O)C[C@@]2(C)[C@H]1CC[C@]2(O)C(=O)COC(=O)CN1CCN(CCOC(=O)c2ccc(CO[N+](=O)[O-])cc2)CC1.Cl.Cl. The van der Waals surface area contributed by atoms with E-state index in [0.717, 1.165) is 18.4 Å². The van der Waals surface area contributed by atoms with Crippen molar-refractivity contribution in [3.05, 3.63) is 69.3 Å². The van der Waals surface area contributed by atoms with Crippen molar-refractivity contribution >= 4 is 48.3 Å². The van der Waals surface area contributed by atoms with Crippen molar-refractivity contribution in [1.29, 1.82) is 0 Å². The number of fused-ring (bicyclic) bond motifs is 5. The van der Waals surface area contributed by atoms with Gasteiger partial charge in [-0.15, -0.1) is 34.9 Å². The summed E-state index contributed by atoms with van der Waals surface area (Å²) in [5, 5.41) is 33.0. The van der Waals surface area contributed by atoms with Crippen LogP contribution in [-0.4, -0.2) is 113 Å². The van der Waals surface area contributed by atoms with Crippen molar-refractivity contribution in [3.63, 3.8) is 0 Å². The molecule has 7 atom stereocenters. The fraction of sp³-hybridized carbons (Fsp3) is 0.622. The highest BCUT2D eigenvalue weighted by atomic mass is 35.5. The van der Waals surface area contributed by atoms with E-state index in [-0.39, 0.29) is 81.0 Å². The van der Waals surface area contributed by atoms with Crippen molar-refractivity contribution in [3.8, 4) is 0 Å². The van der Waals surface area contributed by atoms with Gasteiger partial charge in [0.2, 0.25) is 5.78 Å². The molecule has 1 aromatic rings. The van der Waals surface area contributed by atoms with Crippen LogP contribution in [-0.2, 0) is 35.3 Å². The van der Waals surface area contributed by atoms with Crippen LogP contribution in [0.4, 0.5) is 0 Å². The van der Waals surface area contributed by atoms with Gasteiger partial charge in [-0.3, -0.25) is 24.2 Å². The van der Waals surface area contributed by atoms with Crippen molar-refractivity contribution in [1.82, 2.24) is 9.80 Å². The summed E-state index contributed by atoms with van der Waals surface area (Å²) in [5.41, 5.74) is -1.10. The highest BCUT2D eigenvalue weighted by Gasteiger charge is 2.68. The van der Waals surface area contributed by atoms with E-state index in [0.29, 0.717) is 50.3 Å². The van der Waals surface area contributed by atoms with E-state index in [2.05, 4.69) is 16.7 Å². The molecule has 1 saturated heterocycles. The molecule has 4 fully saturated rings. The van der Waals surface area contributed by atoms with Gasteiger partial charge in [-0.05, 0) is 73.8 Å². The molecule has 0 radical (unpaired) electrons. The molecule has 6 rings (SSSR count). The summed E-state index contributed by atoms with van der Waals surface area (Å²) in [6.07, 6.45) is 7.11. The van der Waals surface area contributed by atoms with Crippen LogP contribution in [0, 0.1) is 38.7 Å². The van der Waals surface area contributed by atoms with Gasteiger partial charge in [0, 0.05) is 49.5 Å². The van der Waals surface area contributed by atoms with Gasteiger partial charge in [-0.25, -0.2) is 4.79 Å². The maximum absolute atomic E-state index is 13.6. The third-order valence-corrected chi connectivity index (χ3v) is 12.5. The lowest BCUT2D eigenvalue weighted by Crippen LogP contribution is -2.61. The third kappa shape index (κ3) is 8.47. The molecule has 1 aliphatic heterocycles. The van der Waals surface area contributed by atoms with E-state index < -0.39 is 52.0 Å². The van der Waals surface area contributed by atoms with Crippen LogP contribution in [0.2, 0.25) is 0 Å². The highest BCUT2D eigenvalue weighted by Crippen LogP contribution is 2.67. The minimum atomic E-state index is -1.72. The molecular formula is C37H49Cl2N3O11. The Morgan fingerprint density at radius 1 is 1.02 bits per heavy atom. The second kappa shape index (κ2) is 17.0. The van der Waals surface area contributed by atoms with Gasteiger partial charge in [-0.1, -0.05) is 37.6 Å². The zero-order valence-electron chi connectivity index (χ0n) is 30.0. The number of carbonyl (C=O) groups is 4. The summed E-state index contributed by atoms with van der Waals surface area (Å²) < 4.78 is 10.8. The fourth-order valence-corrected chi connectivity index (χ4v) is 9.67. The number of piperazine rings is 1. The Morgan fingerprint density at radius 3 is 2.38 bits per heavy atom. The van der Waals surface area contributed by atoms with Crippen molar-refractivity contribution < 1.29 is 48.8 Å². The second-order valence-corrected chi connectivity index (χ2v) is 15.1. The molecule has 16 heteroatoms. The predicted molar refractivity (Wildman–Crippen MR) is 195 cm³/mol. The largest absolute Gasteiger partial charge is 0.461 e. The number of hydrogen-bond donors (Lipinski definition) is 2. The number of esters is 2. The number of rotatable bonds is 12. The molecule has 53 heavy (non-hydrogen) atoms. The van der Waals surface area contributed by atoms with Crippen LogP contribution in [0.25, 0.3) is 0 Å². The molecule has 0 bridgehead atoms. The standard InChI is InChI=1S/C37H47N3O11.2ClH/c1-35-11-9-27(41)19-26(35)7-8-28-29-10-12-37(46,36(29,2)20-30(42)33(28)35)31(43)23-50-32(44)21-39-15-13-38(14-16-39)17-18-49-34(45)25-5-3-24(4-6-25)22-51-40(47)48;;/h3-6,9,11,19,28-30,33,42,46H,7-8,10,12-18,20-23H2,1-2H3;2*1H/t28-,29-,30?,33+,35-,36-,37-;;/m0../s1. The van der Waals surface area contributed by atoms with Gasteiger partial charge < -0.3 is 24.5 Å². The van der Waals surface area contributed by atoms with Crippen LogP contribution < -0.4 is 0 Å². The van der Waals surface area contributed by atoms with Gasteiger partial charge >= 0.3 is 11.9 Å². The van der Waals surface area contributed by atoms with E-state index in [1.165, 1.54) is 12.1 Å². The number of aliphatic hydroxyl groups is 2. The zero-order valence-corrected chi connectivity index (χ0v) is 31.6. The average Bonchev–Trinajstić information content (AvgIpc) is 3.37. The zero-order chi connectivity index (χ0) is 36.6. The molecule has 1 unspecified atom stereocenters. The molecule has 5 aliphatic rings. The normalized spacial score (nSPS) is 32.1. The Bertz CT molecular complexity index is 1610. The molecule has 2 N–H and O–H groups in total. The minimum Gasteiger partial charge on any atom is -0.461 e. The van der Waals surface area contributed by atoms with Crippen molar-refractivity contribution in [2.24, 2.45) is 28.6 Å². The molecule has 1 aromatic carbocycles. The number of Topliss-reactive ketones (excluding diaryl/α,β-unsaturated/α-hetero) is 1. The van der Waals surface area contributed by atoms with E-state index in [9.17, 15) is 39.5 Å². The van der Waals surface area contributed by atoms with E-state index >= 15 is 0 Å². The first kappa shape index (κ1) is 42.3. The van der Waals surface area contributed by atoms with Crippen molar-refractivity contribution in [2.75, 3.05) is 52.5 Å². The van der Waals surface area contributed by atoms with Crippen LogP contribution >= 0.6 is 24.8 Å². The first-order valence-electron chi connectivity index (χ1n) is 17.8. The molecule has 0 spiro atoms. The fourth-order valence-electron chi connectivity index (χ4n) is 9.67. The summed E-state index contributed by atoms with van der Waals surface area (Å²) in [4.78, 5) is 69.6. The molecule has 0 amide bonds. The first-order chi connectivity index (χ1) is 24.2. The lowest BCUT2D eigenvalue weighted by atomic mass is 9.46. The molecule has 14 nitrogen and oxygen atoms in total. The Kier molecular flexibility index (Phi) is 13.5. The number of allylic oxidation sites excluding steroid dienone is 4. The smallest absolute Gasteiger partial charge is 0.338 e. The molecule has 292 valence electrons. The Hall–Kier alpha value is -3.40. The van der Waals surface area contributed by atoms with Gasteiger partial charge in [0.15, 0.2) is 12.4 Å². The molecule has 4 aliphatic carbocycles. The second-order valence-electron chi connectivity index (χ2n) is 15.1. The topological polar surface area (TPSA) is 186 Å². The summed E-state index contributed by atoms with van der Waals surface area (Å²) in [5.74, 6) is -1.63. The van der Waals surface area contributed by atoms with Crippen LogP contribution in [0.3, 0.4) is 0 Å². The molecule has 3 saturated carbocycles. The number of halogens is 2. The third-order valence-electron chi connectivity index (χ3n) is 12.5. The number of nitrogens with zero attached hydrogens (tertiary/aromatic N) is 3. The van der Waals surface area contributed by atoms with Crippen LogP contribution in [0.1, 0.15) is 61.9 Å². The monoisotopic (exact) mass is 781 g/mol. The number of ketones is 2. The lowest BCUT2D eigenvalue weighted by molar-refractivity contribution is -0.763. The molecule has 1 heterocycles. The summed E-state index contributed by atoms with van der Waals surface area (Å²) in [7, 11) is 0. The Labute approximate surface area is 320 Å². The maximum Gasteiger partial charge on any atom is 0.338 e. The maximum atomic E-state index is 13.6. The summed E-state index contributed by atoms with van der Waals surface area (Å²) >= 11 is 0. The Balaban J connectivity index is 0.00000314. The lowest BCUT2D eigenvalue weighted by Gasteiger charge is -2.59. The van der Waals surface area contributed by atoms with E-state index in [4.69, 9.17) is 9.47 Å². The van der Waals surface area contributed by atoms with E-state index in [1.54, 1.807) is 24.3 Å². The summed E-state index contributed by atoms with van der Waals surface area (Å²) in [6.45, 7) is 6.37. The number of benzene rings is 1. The molecular weight excluding hydrogens is 733 g/mol. The van der Waals surface area contributed by atoms with Gasteiger partial charge in [0.25, 0.3) is 5.09 Å². The number of aliphatic hydroxyl groups excluding tert-OH is 1. The minimum absolute atomic E-state index is 0. The summed E-state index contributed by atoms with van der Waals surface area (Å²) in [6, 6.07) is 6.17. The predicted octanol–water partition coefficient (Wildman–Crippen LogP) is 3.14. The number of ether oxygens (including phenoxy) is 2. The first-order valence-corrected chi connectivity index (χ1v) is 17.8. The van der Waals surface area contributed by atoms with Gasteiger partial charge in [0.1, 0.15) is 18.8 Å². The van der Waals surface area contributed by atoms with Crippen LogP contribution in [0.5, 0.6) is 0 Å². The average molecular weight is 783 g/mol. The quantitative estimate of drug-likeness (QED) is 0.179. The number of carbonyl (C=O) groups excluding carboxylic acids is 4. The van der Waals surface area contributed by atoms with Crippen LogP contribution in [0.15, 0.2) is 48.1 Å². The number of hydrogen-bond acceptors (Lipinski definition) is 13. The Morgan fingerprint density at radius 2 is 1.70 bits per heavy atom. The van der Waals surface area contributed by atoms with Crippen molar-refractivity contribution in [2.45, 2.75) is 64.3 Å². The molecule has 0 aromatic heterocycles. The van der Waals surface area contributed by atoms with Gasteiger partial charge in [-0.2, -0.15) is 0 Å². The highest BCUT2D eigenvalue weighted by molar-refractivity contribution is 6.01. The van der Waals surface area contributed by atoms with E-state index in [1.807, 2.05) is 17.9 Å². The van der Waals surface area contributed by atoms with Gasteiger partial charge in [0.05, 0.1) is 18.2 Å².